The zero-order valence-corrected chi connectivity index (χ0v) is 19.3. The minimum absolute atomic E-state index is 0.252. The molecule has 0 spiro atoms. The summed E-state index contributed by atoms with van der Waals surface area (Å²) in [5.74, 6) is 2.83. The minimum atomic E-state index is -0.473. The van der Waals surface area contributed by atoms with Gasteiger partial charge >= 0.3 is 13.2 Å². The standard InChI is InChI=1S/C22H34BN3O4/c1-20(2,3)28-19(27)26-14-12-25(13-15-26)18-9-8-17(16-24-18)10-11-23-29-21(4,5)22(6,7)30-23/h8-11,16H,12-15H2,1-7H3/b11-10+. The van der Waals surface area contributed by atoms with Crippen molar-refractivity contribution < 1.29 is 18.8 Å². The number of carbonyl (C=O) groups is 1. The van der Waals surface area contributed by atoms with Crippen molar-refractivity contribution in [2.24, 2.45) is 0 Å². The van der Waals surface area contributed by atoms with Crippen molar-refractivity contribution in [3.8, 4) is 0 Å². The lowest BCUT2D eigenvalue weighted by atomic mass is 9.89. The molecule has 1 aromatic heterocycles. The number of anilines is 1. The molecule has 0 radical (unpaired) electrons. The first-order valence-corrected chi connectivity index (χ1v) is 10.6. The molecule has 1 aromatic rings. The van der Waals surface area contributed by atoms with Crippen LogP contribution in [0.1, 0.15) is 54.0 Å². The largest absolute Gasteiger partial charge is 0.487 e. The Bertz CT molecular complexity index is 763. The van der Waals surface area contributed by atoms with E-state index in [1.807, 2.05) is 78.8 Å². The van der Waals surface area contributed by atoms with E-state index in [4.69, 9.17) is 14.0 Å². The Morgan fingerprint density at radius 3 is 2.20 bits per heavy atom. The zero-order valence-electron chi connectivity index (χ0n) is 19.3. The first kappa shape index (κ1) is 22.6. The average molecular weight is 415 g/mol. The smallest absolute Gasteiger partial charge is 0.444 e. The van der Waals surface area contributed by atoms with E-state index in [9.17, 15) is 4.79 Å². The third-order valence-electron chi connectivity index (χ3n) is 5.74. The van der Waals surface area contributed by atoms with Crippen LogP contribution in [0.4, 0.5) is 10.6 Å². The van der Waals surface area contributed by atoms with E-state index in [-0.39, 0.29) is 24.4 Å². The van der Waals surface area contributed by atoms with Gasteiger partial charge in [-0.05, 0) is 66.2 Å². The number of piperazine rings is 1. The predicted molar refractivity (Wildman–Crippen MR) is 119 cm³/mol. The molecule has 0 atom stereocenters. The van der Waals surface area contributed by atoms with Crippen LogP contribution in [-0.4, -0.2) is 66.1 Å². The molecule has 164 valence electrons. The molecule has 30 heavy (non-hydrogen) atoms. The SMILES string of the molecule is CC(C)(C)OC(=O)N1CCN(c2ccc(/C=C/B3OC(C)(C)C(C)(C)O3)cn2)CC1. The maximum absolute atomic E-state index is 12.2. The number of hydrogen-bond acceptors (Lipinski definition) is 6. The van der Waals surface area contributed by atoms with Crippen LogP contribution in [0.5, 0.6) is 0 Å². The molecule has 3 rings (SSSR count). The molecule has 0 aliphatic carbocycles. The molecule has 0 N–H and O–H groups in total. The van der Waals surface area contributed by atoms with E-state index in [1.54, 1.807) is 4.90 Å². The second-order valence-corrected chi connectivity index (χ2v) is 9.89. The monoisotopic (exact) mass is 415 g/mol. The molecule has 8 heteroatoms. The van der Waals surface area contributed by atoms with Crippen molar-refractivity contribution in [3.05, 3.63) is 29.9 Å². The van der Waals surface area contributed by atoms with Crippen LogP contribution in [0.15, 0.2) is 24.3 Å². The fourth-order valence-corrected chi connectivity index (χ4v) is 3.28. The van der Waals surface area contributed by atoms with Crippen LogP contribution in [-0.2, 0) is 14.0 Å². The van der Waals surface area contributed by atoms with Crippen LogP contribution in [0.3, 0.4) is 0 Å². The number of amides is 1. The van der Waals surface area contributed by atoms with Crippen molar-refractivity contribution in [2.75, 3.05) is 31.1 Å². The fourth-order valence-electron chi connectivity index (χ4n) is 3.28. The highest BCUT2D eigenvalue weighted by molar-refractivity contribution is 6.52. The van der Waals surface area contributed by atoms with Gasteiger partial charge in [0, 0.05) is 32.4 Å². The maximum atomic E-state index is 12.2. The first-order valence-electron chi connectivity index (χ1n) is 10.6. The van der Waals surface area contributed by atoms with Crippen molar-refractivity contribution in [1.29, 1.82) is 0 Å². The Balaban J connectivity index is 1.53. The van der Waals surface area contributed by atoms with Gasteiger partial charge in [-0.2, -0.15) is 0 Å². The van der Waals surface area contributed by atoms with Crippen molar-refractivity contribution in [1.82, 2.24) is 9.88 Å². The summed E-state index contributed by atoms with van der Waals surface area (Å²) in [6.07, 6.45) is 3.56. The number of aromatic nitrogens is 1. The predicted octanol–water partition coefficient (Wildman–Crippen LogP) is 3.78. The minimum Gasteiger partial charge on any atom is -0.444 e. The molecule has 1 amide bonds. The van der Waals surface area contributed by atoms with Crippen molar-refractivity contribution in [3.63, 3.8) is 0 Å². The molecular weight excluding hydrogens is 381 g/mol. The van der Waals surface area contributed by atoms with Crippen LogP contribution in [0.25, 0.3) is 6.08 Å². The van der Waals surface area contributed by atoms with Crippen LogP contribution >= 0.6 is 0 Å². The van der Waals surface area contributed by atoms with Gasteiger partial charge < -0.3 is 23.8 Å². The third kappa shape index (κ3) is 5.35. The number of hydrogen-bond donors (Lipinski definition) is 0. The van der Waals surface area contributed by atoms with Gasteiger partial charge in [-0.1, -0.05) is 12.1 Å². The fraction of sp³-hybridized carbons (Fsp3) is 0.636. The quantitative estimate of drug-likeness (QED) is 0.701. The van der Waals surface area contributed by atoms with Gasteiger partial charge in [0.2, 0.25) is 0 Å². The lowest BCUT2D eigenvalue weighted by Crippen LogP contribution is -2.50. The molecule has 0 bridgehead atoms. The first-order chi connectivity index (χ1) is 13.9. The molecule has 7 nitrogen and oxygen atoms in total. The summed E-state index contributed by atoms with van der Waals surface area (Å²) >= 11 is 0. The highest BCUT2D eigenvalue weighted by atomic mass is 16.7. The van der Waals surface area contributed by atoms with Crippen LogP contribution in [0, 0.1) is 0 Å². The second-order valence-electron chi connectivity index (χ2n) is 9.89. The maximum Gasteiger partial charge on any atom is 0.487 e. The topological polar surface area (TPSA) is 64.1 Å². The molecule has 2 aliphatic rings. The van der Waals surface area contributed by atoms with Gasteiger partial charge in [-0.15, -0.1) is 0 Å². The Labute approximate surface area is 180 Å². The van der Waals surface area contributed by atoms with Crippen LogP contribution in [0.2, 0.25) is 0 Å². The summed E-state index contributed by atoms with van der Waals surface area (Å²) in [6, 6.07) is 4.04. The van der Waals surface area contributed by atoms with E-state index in [1.165, 1.54) is 0 Å². The summed E-state index contributed by atoms with van der Waals surface area (Å²) in [7, 11) is -0.365. The van der Waals surface area contributed by atoms with Gasteiger partial charge in [0.1, 0.15) is 11.4 Å². The highest BCUT2D eigenvalue weighted by Gasteiger charge is 2.50. The van der Waals surface area contributed by atoms with Crippen LogP contribution < -0.4 is 4.90 Å². The van der Waals surface area contributed by atoms with E-state index in [2.05, 4.69) is 9.88 Å². The number of ether oxygens (including phenoxy) is 1. The number of pyridine rings is 1. The summed E-state index contributed by atoms with van der Waals surface area (Å²) in [6.45, 7) is 16.5. The third-order valence-corrected chi connectivity index (χ3v) is 5.74. The molecule has 2 saturated heterocycles. The number of rotatable bonds is 3. The molecule has 2 aliphatic heterocycles. The van der Waals surface area contributed by atoms with Crippen molar-refractivity contribution in [2.45, 2.75) is 65.3 Å². The second kappa shape index (κ2) is 8.23. The molecule has 0 unspecified atom stereocenters. The summed E-state index contributed by atoms with van der Waals surface area (Å²) in [5.41, 5.74) is -0.170. The van der Waals surface area contributed by atoms with E-state index in [0.717, 1.165) is 24.5 Å². The summed E-state index contributed by atoms with van der Waals surface area (Å²) in [4.78, 5) is 20.7. The lowest BCUT2D eigenvalue weighted by Gasteiger charge is -2.36. The average Bonchev–Trinajstić information content (AvgIpc) is 2.86. The highest BCUT2D eigenvalue weighted by Crippen LogP contribution is 2.37. The summed E-state index contributed by atoms with van der Waals surface area (Å²) in [5, 5.41) is 0. The molecule has 3 heterocycles. The lowest BCUT2D eigenvalue weighted by molar-refractivity contribution is 0.00578. The Morgan fingerprint density at radius 2 is 1.70 bits per heavy atom. The Kier molecular flexibility index (Phi) is 6.21. The number of nitrogens with zero attached hydrogens (tertiary/aromatic N) is 3. The van der Waals surface area contributed by atoms with Gasteiger partial charge in [0.25, 0.3) is 0 Å². The van der Waals surface area contributed by atoms with Crippen molar-refractivity contribution >= 4 is 25.1 Å². The van der Waals surface area contributed by atoms with Gasteiger partial charge in [-0.25, -0.2) is 9.78 Å². The number of carbonyl (C=O) groups excluding carboxylic acids is 1. The van der Waals surface area contributed by atoms with Gasteiger partial charge in [-0.3, -0.25) is 0 Å². The molecule has 2 fully saturated rings. The normalized spacial score (nSPS) is 21.4. The van der Waals surface area contributed by atoms with Gasteiger partial charge in [0.05, 0.1) is 11.2 Å². The van der Waals surface area contributed by atoms with E-state index < -0.39 is 5.60 Å². The zero-order chi connectivity index (χ0) is 22.2. The van der Waals surface area contributed by atoms with E-state index in [0.29, 0.717) is 13.1 Å². The Morgan fingerprint density at radius 1 is 1.10 bits per heavy atom. The Hall–Kier alpha value is -2.06. The van der Waals surface area contributed by atoms with E-state index >= 15 is 0 Å². The summed E-state index contributed by atoms with van der Waals surface area (Å²) < 4.78 is 17.4. The molecule has 0 aromatic carbocycles. The molecular formula is C22H34BN3O4. The van der Waals surface area contributed by atoms with Gasteiger partial charge in [0.15, 0.2) is 0 Å². The molecule has 0 saturated carbocycles.